The minimum atomic E-state index is -2.80. The number of nitrogens with one attached hydrogen (secondary N) is 1. The molecule has 1 aliphatic heterocycles. The van der Waals surface area contributed by atoms with Crippen LogP contribution in [0.25, 0.3) is 23.1 Å². The molecule has 6 rings (SSSR count). The summed E-state index contributed by atoms with van der Waals surface area (Å²) in [4.78, 5) is 19.8. The Hall–Kier alpha value is -3.92. The number of para-hydroxylation sites is 2. The predicted octanol–water partition coefficient (Wildman–Crippen LogP) is 4.30. The Labute approximate surface area is 193 Å². The summed E-state index contributed by atoms with van der Waals surface area (Å²) in [6.07, 6.45) is 2.31. The molecule has 3 heterocycles. The predicted molar refractivity (Wildman–Crippen MR) is 125 cm³/mol. The van der Waals surface area contributed by atoms with Crippen molar-refractivity contribution in [3.05, 3.63) is 65.5 Å². The molecule has 0 spiro atoms. The number of anilines is 3. The number of hydrogen-bond donors (Lipinski definition) is 1. The SMILES string of the molecule is FC(F)c1nc2ccccc2n1-c1nc(Nc2ccc3c(c2)C=CC3)nc(N2CCOCC2)n1. The maximum Gasteiger partial charge on any atom is 0.296 e. The molecule has 2 aliphatic rings. The molecule has 0 amide bonds. The molecule has 172 valence electrons. The van der Waals surface area contributed by atoms with Crippen molar-refractivity contribution >= 4 is 34.7 Å². The fourth-order valence-corrected chi connectivity index (χ4v) is 4.27. The summed E-state index contributed by atoms with van der Waals surface area (Å²) in [5, 5.41) is 3.24. The van der Waals surface area contributed by atoms with Crippen LogP contribution in [-0.4, -0.2) is 50.8 Å². The second kappa shape index (κ2) is 8.45. The number of ether oxygens (including phenoxy) is 1. The Balaban J connectivity index is 1.48. The fourth-order valence-electron chi connectivity index (χ4n) is 4.27. The van der Waals surface area contributed by atoms with Crippen LogP contribution in [0.5, 0.6) is 0 Å². The van der Waals surface area contributed by atoms with Crippen LogP contribution in [0.1, 0.15) is 23.4 Å². The van der Waals surface area contributed by atoms with Gasteiger partial charge < -0.3 is 15.0 Å². The third kappa shape index (κ3) is 3.75. The van der Waals surface area contributed by atoms with E-state index < -0.39 is 12.2 Å². The lowest BCUT2D eigenvalue weighted by atomic mass is 10.1. The van der Waals surface area contributed by atoms with Gasteiger partial charge in [0.05, 0.1) is 24.2 Å². The zero-order valence-electron chi connectivity index (χ0n) is 18.2. The maximum atomic E-state index is 14.0. The number of benzene rings is 2. The Morgan fingerprint density at radius 1 is 0.941 bits per heavy atom. The largest absolute Gasteiger partial charge is 0.378 e. The maximum absolute atomic E-state index is 14.0. The van der Waals surface area contributed by atoms with Crippen LogP contribution in [0.3, 0.4) is 0 Å². The van der Waals surface area contributed by atoms with Gasteiger partial charge in [0.15, 0.2) is 5.82 Å². The number of morpholine rings is 1. The van der Waals surface area contributed by atoms with E-state index in [4.69, 9.17) is 4.74 Å². The molecule has 34 heavy (non-hydrogen) atoms. The molecule has 10 heteroatoms. The summed E-state index contributed by atoms with van der Waals surface area (Å²) in [6.45, 7) is 2.27. The van der Waals surface area contributed by atoms with Gasteiger partial charge in [-0.1, -0.05) is 30.4 Å². The van der Waals surface area contributed by atoms with Crippen molar-refractivity contribution in [1.29, 1.82) is 0 Å². The van der Waals surface area contributed by atoms with Gasteiger partial charge in [-0.3, -0.25) is 4.57 Å². The number of fused-ring (bicyclic) bond motifs is 2. The van der Waals surface area contributed by atoms with Gasteiger partial charge in [-0.25, -0.2) is 13.8 Å². The van der Waals surface area contributed by atoms with Crippen LogP contribution in [0.4, 0.5) is 26.4 Å². The van der Waals surface area contributed by atoms with Gasteiger partial charge in [0.2, 0.25) is 17.8 Å². The molecule has 0 saturated carbocycles. The lowest BCUT2D eigenvalue weighted by Crippen LogP contribution is -2.37. The molecule has 0 radical (unpaired) electrons. The molecule has 4 aromatic rings. The van der Waals surface area contributed by atoms with Crippen molar-refractivity contribution in [3.8, 4) is 5.95 Å². The number of nitrogens with zero attached hydrogens (tertiary/aromatic N) is 6. The number of allylic oxidation sites excluding steroid dienone is 1. The van der Waals surface area contributed by atoms with E-state index in [0.717, 1.165) is 17.7 Å². The summed E-state index contributed by atoms with van der Waals surface area (Å²) in [5.74, 6) is 0.347. The zero-order valence-corrected chi connectivity index (χ0v) is 18.2. The molecule has 2 aromatic carbocycles. The number of alkyl halides is 2. The van der Waals surface area contributed by atoms with Crippen LogP contribution < -0.4 is 10.2 Å². The highest BCUT2D eigenvalue weighted by Crippen LogP contribution is 2.29. The van der Waals surface area contributed by atoms with Crippen molar-refractivity contribution in [2.45, 2.75) is 12.8 Å². The van der Waals surface area contributed by atoms with Crippen molar-refractivity contribution in [1.82, 2.24) is 24.5 Å². The topological polar surface area (TPSA) is 81.0 Å². The Morgan fingerprint density at radius 2 is 1.76 bits per heavy atom. The molecule has 1 aliphatic carbocycles. The Morgan fingerprint density at radius 3 is 2.62 bits per heavy atom. The van der Waals surface area contributed by atoms with Gasteiger partial charge in [-0.2, -0.15) is 15.0 Å². The van der Waals surface area contributed by atoms with Crippen molar-refractivity contribution in [3.63, 3.8) is 0 Å². The first kappa shape index (κ1) is 20.7. The van der Waals surface area contributed by atoms with E-state index in [-0.39, 0.29) is 11.9 Å². The first-order valence-electron chi connectivity index (χ1n) is 11.1. The highest BCUT2D eigenvalue weighted by Gasteiger charge is 2.24. The smallest absolute Gasteiger partial charge is 0.296 e. The van der Waals surface area contributed by atoms with Crippen LogP contribution in [0.2, 0.25) is 0 Å². The summed E-state index contributed by atoms with van der Waals surface area (Å²) >= 11 is 0. The third-order valence-electron chi connectivity index (χ3n) is 5.92. The lowest BCUT2D eigenvalue weighted by molar-refractivity contribution is 0.122. The average molecular weight is 461 g/mol. The lowest BCUT2D eigenvalue weighted by Gasteiger charge is -2.27. The van der Waals surface area contributed by atoms with Crippen LogP contribution in [0, 0.1) is 0 Å². The zero-order chi connectivity index (χ0) is 23.1. The van der Waals surface area contributed by atoms with Crippen molar-refractivity contribution < 1.29 is 13.5 Å². The van der Waals surface area contributed by atoms with E-state index in [0.29, 0.717) is 43.3 Å². The number of hydrogen-bond acceptors (Lipinski definition) is 7. The minimum absolute atomic E-state index is 0.0871. The first-order chi connectivity index (χ1) is 16.7. The van der Waals surface area contributed by atoms with E-state index in [9.17, 15) is 8.78 Å². The molecule has 1 N–H and O–H groups in total. The van der Waals surface area contributed by atoms with Gasteiger partial charge in [0.25, 0.3) is 6.43 Å². The highest BCUT2D eigenvalue weighted by molar-refractivity contribution is 5.78. The monoisotopic (exact) mass is 461 g/mol. The number of imidazole rings is 1. The molecule has 8 nitrogen and oxygen atoms in total. The minimum Gasteiger partial charge on any atom is -0.378 e. The summed E-state index contributed by atoms with van der Waals surface area (Å²) in [6, 6.07) is 13.0. The van der Waals surface area contributed by atoms with Gasteiger partial charge in [0.1, 0.15) is 0 Å². The standard InChI is InChI=1S/C24H21F2N7O/c25-20(26)21-28-18-6-1-2-7-19(18)33(21)24-30-22(29-23(31-24)32-10-12-34-13-11-32)27-17-9-8-15-4-3-5-16(15)14-17/h1-3,5-9,14,20H,4,10-13H2,(H,27,29,30,31). The van der Waals surface area contributed by atoms with E-state index in [2.05, 4.69) is 43.5 Å². The van der Waals surface area contributed by atoms with E-state index in [1.54, 1.807) is 24.3 Å². The van der Waals surface area contributed by atoms with Gasteiger partial charge in [0, 0.05) is 18.8 Å². The second-order valence-electron chi connectivity index (χ2n) is 8.10. The second-order valence-corrected chi connectivity index (χ2v) is 8.10. The molecular formula is C24H21F2N7O. The molecule has 0 unspecified atom stereocenters. The average Bonchev–Trinajstić information content (AvgIpc) is 3.49. The summed E-state index contributed by atoms with van der Waals surface area (Å²) < 4.78 is 34.7. The Kier molecular flexibility index (Phi) is 5.14. The normalized spacial score (nSPS) is 15.3. The van der Waals surface area contributed by atoms with Crippen LogP contribution >= 0.6 is 0 Å². The van der Waals surface area contributed by atoms with E-state index >= 15 is 0 Å². The van der Waals surface area contributed by atoms with Crippen LogP contribution in [0.15, 0.2) is 48.5 Å². The van der Waals surface area contributed by atoms with Crippen LogP contribution in [-0.2, 0) is 11.2 Å². The van der Waals surface area contributed by atoms with E-state index in [1.165, 1.54) is 10.1 Å². The highest BCUT2D eigenvalue weighted by atomic mass is 19.3. The fraction of sp³-hybridized carbons (Fsp3) is 0.250. The molecule has 0 bridgehead atoms. The van der Waals surface area contributed by atoms with Gasteiger partial charge in [-0.05, 0) is 41.8 Å². The third-order valence-corrected chi connectivity index (χ3v) is 5.92. The molecule has 1 fully saturated rings. The Bertz CT molecular complexity index is 1400. The quantitative estimate of drug-likeness (QED) is 0.475. The molecular weight excluding hydrogens is 440 g/mol. The summed E-state index contributed by atoms with van der Waals surface area (Å²) in [7, 11) is 0. The van der Waals surface area contributed by atoms with Crippen molar-refractivity contribution in [2.75, 3.05) is 36.5 Å². The molecule has 0 atom stereocenters. The summed E-state index contributed by atoms with van der Waals surface area (Å²) in [5.41, 5.74) is 4.15. The van der Waals surface area contributed by atoms with E-state index in [1.807, 2.05) is 17.0 Å². The number of halogens is 2. The van der Waals surface area contributed by atoms with Crippen molar-refractivity contribution in [2.24, 2.45) is 0 Å². The number of rotatable bonds is 5. The van der Waals surface area contributed by atoms with Gasteiger partial charge >= 0.3 is 0 Å². The molecule has 2 aromatic heterocycles. The molecule has 1 saturated heterocycles. The van der Waals surface area contributed by atoms with Gasteiger partial charge in [-0.15, -0.1) is 0 Å². The number of aromatic nitrogens is 5. The first-order valence-corrected chi connectivity index (χ1v) is 11.1.